The lowest BCUT2D eigenvalue weighted by molar-refractivity contribution is 0.0623. The van der Waals surface area contributed by atoms with Crippen molar-refractivity contribution >= 4 is 0 Å². The molecular weight excluding hydrogens is 160 g/mol. The first-order valence-electron chi connectivity index (χ1n) is 5.91. The van der Waals surface area contributed by atoms with Gasteiger partial charge in [-0.05, 0) is 57.7 Å². The molecule has 13 heavy (non-hydrogen) atoms. The van der Waals surface area contributed by atoms with E-state index in [9.17, 15) is 0 Å². The highest BCUT2D eigenvalue weighted by molar-refractivity contribution is 4.96. The number of nitrogens with one attached hydrogen (secondary N) is 1. The molecule has 3 aliphatic rings. The molecule has 2 heteroatoms. The van der Waals surface area contributed by atoms with Gasteiger partial charge in [0.1, 0.15) is 0 Å². The van der Waals surface area contributed by atoms with Crippen molar-refractivity contribution in [3.63, 3.8) is 0 Å². The van der Waals surface area contributed by atoms with Crippen LogP contribution in [0.2, 0.25) is 0 Å². The third-order valence-corrected chi connectivity index (χ3v) is 4.00. The number of hydrogen-bond acceptors (Lipinski definition) is 2. The fourth-order valence-corrected chi connectivity index (χ4v) is 3.20. The minimum atomic E-state index is 0.947. The number of likely N-dealkylation sites (tertiary alicyclic amines) is 1. The van der Waals surface area contributed by atoms with Crippen LogP contribution in [0.15, 0.2) is 0 Å². The van der Waals surface area contributed by atoms with Crippen LogP contribution in [-0.2, 0) is 0 Å². The average Bonchev–Trinajstić information content (AvgIpc) is 3.00. The van der Waals surface area contributed by atoms with Gasteiger partial charge in [0.25, 0.3) is 0 Å². The minimum absolute atomic E-state index is 0.947. The molecule has 2 nitrogen and oxygen atoms in total. The van der Waals surface area contributed by atoms with Crippen LogP contribution in [0.1, 0.15) is 32.1 Å². The Morgan fingerprint density at radius 1 is 1.08 bits per heavy atom. The second-order valence-corrected chi connectivity index (χ2v) is 4.93. The Bertz CT molecular complexity index is 187. The highest BCUT2D eigenvalue weighted by Crippen LogP contribution is 2.36. The van der Waals surface area contributed by atoms with Crippen LogP contribution >= 0.6 is 0 Å². The Morgan fingerprint density at radius 3 is 2.85 bits per heavy atom. The average molecular weight is 180 g/mol. The third kappa shape index (κ3) is 1.50. The summed E-state index contributed by atoms with van der Waals surface area (Å²) in [6.45, 7) is 3.93. The Kier molecular flexibility index (Phi) is 2.06. The van der Waals surface area contributed by atoms with Gasteiger partial charge in [-0.3, -0.25) is 4.90 Å². The standard InChI is InChI=1S/C11H20N2/c1-2-9-8-12-6-5-11(9)13(7-1)10-3-4-10/h9-12H,1-8H2/t9-,11-/m1/s1. The quantitative estimate of drug-likeness (QED) is 0.653. The maximum absolute atomic E-state index is 3.54. The molecule has 0 amide bonds. The van der Waals surface area contributed by atoms with E-state index in [1.54, 1.807) is 0 Å². The lowest BCUT2D eigenvalue weighted by atomic mass is 9.84. The van der Waals surface area contributed by atoms with Crippen molar-refractivity contribution in [1.29, 1.82) is 0 Å². The van der Waals surface area contributed by atoms with E-state index in [0.717, 1.165) is 18.0 Å². The van der Waals surface area contributed by atoms with Gasteiger partial charge < -0.3 is 5.32 Å². The SMILES string of the molecule is C1C[C@@H]2CNCC[C@H]2N(C2CC2)C1. The van der Waals surface area contributed by atoms with E-state index in [0.29, 0.717) is 0 Å². The Labute approximate surface area is 80.7 Å². The number of piperidine rings is 2. The molecule has 2 saturated heterocycles. The smallest absolute Gasteiger partial charge is 0.0151 e. The fourth-order valence-electron chi connectivity index (χ4n) is 3.20. The number of hydrogen-bond donors (Lipinski definition) is 1. The summed E-state index contributed by atoms with van der Waals surface area (Å²) in [5.41, 5.74) is 0. The van der Waals surface area contributed by atoms with Gasteiger partial charge in [-0.2, -0.15) is 0 Å². The molecule has 0 aromatic heterocycles. The first-order chi connectivity index (χ1) is 6.45. The van der Waals surface area contributed by atoms with Crippen LogP contribution < -0.4 is 5.32 Å². The van der Waals surface area contributed by atoms with E-state index in [1.807, 2.05) is 0 Å². The van der Waals surface area contributed by atoms with E-state index in [4.69, 9.17) is 0 Å². The largest absolute Gasteiger partial charge is 0.316 e. The summed E-state index contributed by atoms with van der Waals surface area (Å²) in [5, 5.41) is 3.54. The van der Waals surface area contributed by atoms with Gasteiger partial charge in [0.15, 0.2) is 0 Å². The van der Waals surface area contributed by atoms with Gasteiger partial charge in [0.2, 0.25) is 0 Å². The van der Waals surface area contributed by atoms with Crippen LogP contribution in [-0.4, -0.2) is 36.6 Å². The lowest BCUT2D eigenvalue weighted by Crippen LogP contribution is -2.53. The van der Waals surface area contributed by atoms with E-state index >= 15 is 0 Å². The Morgan fingerprint density at radius 2 is 2.00 bits per heavy atom. The molecule has 3 rings (SSSR count). The second-order valence-electron chi connectivity index (χ2n) is 4.93. The maximum atomic E-state index is 3.54. The van der Waals surface area contributed by atoms with Crippen LogP contribution in [0.3, 0.4) is 0 Å². The van der Waals surface area contributed by atoms with Crippen LogP contribution in [0.4, 0.5) is 0 Å². The van der Waals surface area contributed by atoms with Crippen molar-refractivity contribution in [3.05, 3.63) is 0 Å². The molecule has 0 spiro atoms. The van der Waals surface area contributed by atoms with E-state index in [2.05, 4.69) is 10.2 Å². The summed E-state index contributed by atoms with van der Waals surface area (Å²) in [6, 6.07) is 1.94. The normalized spacial score (nSPS) is 41.5. The molecule has 1 N–H and O–H groups in total. The zero-order valence-corrected chi connectivity index (χ0v) is 8.34. The van der Waals surface area contributed by atoms with E-state index < -0.39 is 0 Å². The van der Waals surface area contributed by atoms with Gasteiger partial charge in [-0.1, -0.05) is 0 Å². The zero-order chi connectivity index (χ0) is 8.67. The van der Waals surface area contributed by atoms with E-state index in [1.165, 1.54) is 51.7 Å². The predicted molar refractivity (Wildman–Crippen MR) is 53.7 cm³/mol. The number of nitrogens with zero attached hydrogens (tertiary/aromatic N) is 1. The molecule has 74 valence electrons. The van der Waals surface area contributed by atoms with Crippen LogP contribution in [0, 0.1) is 5.92 Å². The van der Waals surface area contributed by atoms with Crippen molar-refractivity contribution < 1.29 is 0 Å². The third-order valence-electron chi connectivity index (χ3n) is 4.00. The molecule has 0 aromatic carbocycles. The highest BCUT2D eigenvalue weighted by Gasteiger charge is 2.40. The molecule has 1 saturated carbocycles. The molecule has 2 heterocycles. The van der Waals surface area contributed by atoms with Gasteiger partial charge in [-0.15, -0.1) is 0 Å². The summed E-state index contributed by atoms with van der Waals surface area (Å²) in [4.78, 5) is 2.83. The monoisotopic (exact) mass is 180 g/mol. The molecule has 0 aromatic rings. The topological polar surface area (TPSA) is 15.3 Å². The fraction of sp³-hybridized carbons (Fsp3) is 1.00. The number of rotatable bonds is 1. The van der Waals surface area contributed by atoms with Crippen LogP contribution in [0.25, 0.3) is 0 Å². The molecule has 0 radical (unpaired) electrons. The summed E-state index contributed by atoms with van der Waals surface area (Å²) in [5.74, 6) is 0.975. The molecular formula is C11H20N2. The van der Waals surface area contributed by atoms with Crippen molar-refractivity contribution in [2.45, 2.75) is 44.2 Å². The molecule has 1 aliphatic carbocycles. The van der Waals surface area contributed by atoms with Gasteiger partial charge >= 0.3 is 0 Å². The molecule has 2 aliphatic heterocycles. The summed E-state index contributed by atoms with van der Waals surface area (Å²) >= 11 is 0. The van der Waals surface area contributed by atoms with Crippen molar-refractivity contribution in [3.8, 4) is 0 Å². The van der Waals surface area contributed by atoms with E-state index in [-0.39, 0.29) is 0 Å². The predicted octanol–water partition coefficient (Wildman–Crippen LogP) is 1.22. The number of fused-ring (bicyclic) bond motifs is 1. The summed E-state index contributed by atoms with van der Waals surface area (Å²) in [7, 11) is 0. The molecule has 3 fully saturated rings. The van der Waals surface area contributed by atoms with Gasteiger partial charge in [0.05, 0.1) is 0 Å². The molecule has 0 bridgehead atoms. The van der Waals surface area contributed by atoms with Crippen molar-refractivity contribution in [2.24, 2.45) is 5.92 Å². The second kappa shape index (κ2) is 3.25. The molecule has 2 atom stereocenters. The Balaban J connectivity index is 1.71. The van der Waals surface area contributed by atoms with Gasteiger partial charge in [0, 0.05) is 12.1 Å². The first-order valence-corrected chi connectivity index (χ1v) is 5.91. The van der Waals surface area contributed by atoms with Crippen LogP contribution in [0.5, 0.6) is 0 Å². The van der Waals surface area contributed by atoms with Crippen molar-refractivity contribution in [2.75, 3.05) is 19.6 Å². The minimum Gasteiger partial charge on any atom is -0.316 e. The lowest BCUT2D eigenvalue weighted by Gasteiger charge is -2.44. The summed E-state index contributed by atoms with van der Waals surface area (Å²) < 4.78 is 0. The van der Waals surface area contributed by atoms with Crippen molar-refractivity contribution in [1.82, 2.24) is 10.2 Å². The first kappa shape index (κ1) is 8.25. The molecule has 0 unspecified atom stereocenters. The summed E-state index contributed by atoms with van der Waals surface area (Å²) in [6.07, 6.45) is 7.29. The highest BCUT2D eigenvalue weighted by atomic mass is 15.2. The van der Waals surface area contributed by atoms with Gasteiger partial charge in [-0.25, -0.2) is 0 Å². The Hall–Kier alpha value is -0.0800. The maximum Gasteiger partial charge on any atom is 0.0151 e. The zero-order valence-electron chi connectivity index (χ0n) is 8.34.